The monoisotopic (exact) mass is 515 g/mol. The van der Waals surface area contributed by atoms with Crippen molar-refractivity contribution in [1.82, 2.24) is 10.6 Å². The minimum absolute atomic E-state index is 0.158. The number of rotatable bonds is 8. The van der Waals surface area contributed by atoms with E-state index in [0.717, 1.165) is 22.3 Å². The van der Waals surface area contributed by atoms with Crippen molar-refractivity contribution in [2.45, 2.75) is 19.8 Å². The lowest BCUT2D eigenvalue weighted by Gasteiger charge is -2.18. The predicted octanol–water partition coefficient (Wildman–Crippen LogP) is 5.39. The summed E-state index contributed by atoms with van der Waals surface area (Å²) in [5.74, 6) is -1.18. The van der Waals surface area contributed by atoms with E-state index in [2.05, 4.69) is 22.2 Å². The number of aromatic carboxylic acids is 1. The van der Waals surface area contributed by atoms with Gasteiger partial charge in [0.1, 0.15) is 5.00 Å². The average molecular weight is 516 g/mol. The molecule has 0 bridgehead atoms. The standard InChI is InChI=1S/C24H19Cl2N3O4S/c1-13-20-17(11-33-10-14-2-5-16(6-3-14)24(31)32)12-34-23(20)29-21(28-13)22(30)27-9-15-4-7-18(25)19(26)8-15/h2-8,12H,1,9-11H2,(H,27,30)(H,28,29)(H,31,32). The van der Waals surface area contributed by atoms with Gasteiger partial charge in [0.15, 0.2) is 5.84 Å². The van der Waals surface area contributed by atoms with Crippen molar-refractivity contribution in [1.29, 1.82) is 0 Å². The molecule has 0 radical (unpaired) electrons. The number of nitrogens with one attached hydrogen (secondary N) is 2. The first-order chi connectivity index (χ1) is 16.3. The Balaban J connectivity index is 1.37. The number of aliphatic imine (C=N–C) groups is 1. The minimum Gasteiger partial charge on any atom is -0.478 e. The number of thiophene rings is 1. The second kappa shape index (κ2) is 10.4. The first-order valence-electron chi connectivity index (χ1n) is 10.1. The number of ether oxygens (including phenoxy) is 1. The van der Waals surface area contributed by atoms with E-state index in [4.69, 9.17) is 33.0 Å². The number of hydrogen-bond acceptors (Lipinski definition) is 6. The second-order valence-electron chi connectivity index (χ2n) is 7.43. The molecule has 0 aliphatic carbocycles. The van der Waals surface area contributed by atoms with Crippen LogP contribution in [0.15, 0.2) is 59.4 Å². The van der Waals surface area contributed by atoms with Gasteiger partial charge >= 0.3 is 5.97 Å². The largest absolute Gasteiger partial charge is 0.478 e. The van der Waals surface area contributed by atoms with Crippen molar-refractivity contribution in [2.24, 2.45) is 4.99 Å². The van der Waals surface area contributed by atoms with Gasteiger partial charge in [0.25, 0.3) is 5.91 Å². The molecule has 0 atom stereocenters. The molecule has 4 rings (SSSR count). The maximum Gasteiger partial charge on any atom is 0.335 e. The molecule has 0 saturated heterocycles. The first-order valence-corrected chi connectivity index (χ1v) is 11.7. The zero-order chi connectivity index (χ0) is 24.2. The summed E-state index contributed by atoms with van der Waals surface area (Å²) >= 11 is 13.3. The number of hydrogen-bond donors (Lipinski definition) is 3. The van der Waals surface area contributed by atoms with Crippen molar-refractivity contribution in [2.75, 3.05) is 0 Å². The van der Waals surface area contributed by atoms with Crippen molar-refractivity contribution in [3.63, 3.8) is 0 Å². The third-order valence-electron chi connectivity index (χ3n) is 5.01. The van der Waals surface area contributed by atoms with Crippen LogP contribution in [0, 0.1) is 0 Å². The number of carboxylic acids is 1. The van der Waals surface area contributed by atoms with E-state index in [-0.39, 0.29) is 23.9 Å². The Kier molecular flexibility index (Phi) is 7.33. The Bertz CT molecular complexity index is 1300. The van der Waals surface area contributed by atoms with Crippen LogP contribution in [0.3, 0.4) is 0 Å². The van der Waals surface area contributed by atoms with E-state index in [1.54, 1.807) is 42.5 Å². The summed E-state index contributed by atoms with van der Waals surface area (Å²) < 4.78 is 5.80. The summed E-state index contributed by atoms with van der Waals surface area (Å²) in [6, 6.07) is 11.7. The molecule has 0 unspecified atom stereocenters. The van der Waals surface area contributed by atoms with Crippen LogP contribution in [0.4, 0.5) is 5.00 Å². The van der Waals surface area contributed by atoms with Crippen LogP contribution in [-0.4, -0.2) is 22.8 Å². The van der Waals surface area contributed by atoms with E-state index < -0.39 is 5.97 Å². The van der Waals surface area contributed by atoms with Gasteiger partial charge in [0.2, 0.25) is 0 Å². The highest BCUT2D eigenvalue weighted by Gasteiger charge is 2.24. The van der Waals surface area contributed by atoms with Gasteiger partial charge in [-0.1, -0.05) is 48.0 Å². The summed E-state index contributed by atoms with van der Waals surface area (Å²) in [5.41, 5.74) is 4.19. The van der Waals surface area contributed by atoms with Crippen molar-refractivity contribution >= 4 is 62.9 Å². The number of carboxylic acid groups (broad SMARTS) is 1. The Morgan fingerprint density at radius 3 is 2.53 bits per heavy atom. The van der Waals surface area contributed by atoms with Gasteiger partial charge < -0.3 is 20.5 Å². The molecule has 10 heteroatoms. The van der Waals surface area contributed by atoms with E-state index in [0.29, 0.717) is 34.0 Å². The van der Waals surface area contributed by atoms with Crippen LogP contribution < -0.4 is 10.6 Å². The van der Waals surface area contributed by atoms with Gasteiger partial charge in [0, 0.05) is 17.8 Å². The Morgan fingerprint density at radius 2 is 1.82 bits per heavy atom. The highest BCUT2D eigenvalue weighted by Crippen LogP contribution is 2.37. The molecule has 3 aromatic rings. The summed E-state index contributed by atoms with van der Waals surface area (Å²) in [4.78, 5) is 28.0. The summed E-state index contributed by atoms with van der Waals surface area (Å²) in [6.45, 7) is 4.97. The molecule has 2 heterocycles. The third kappa shape index (κ3) is 5.48. The van der Waals surface area contributed by atoms with E-state index in [1.807, 2.05) is 5.38 Å². The summed E-state index contributed by atoms with van der Waals surface area (Å²) in [5, 5.41) is 18.2. The number of carbonyl (C=O) groups excluding carboxylic acids is 1. The quantitative estimate of drug-likeness (QED) is 0.373. The number of amides is 1. The number of benzene rings is 2. The molecular weight excluding hydrogens is 497 g/mol. The van der Waals surface area contributed by atoms with Gasteiger partial charge in [0.05, 0.1) is 28.8 Å². The number of nitrogens with zero attached hydrogens (tertiary/aromatic N) is 1. The molecule has 7 nitrogen and oxygen atoms in total. The molecule has 3 N–H and O–H groups in total. The zero-order valence-electron chi connectivity index (χ0n) is 17.7. The second-order valence-corrected chi connectivity index (χ2v) is 9.10. The highest BCUT2D eigenvalue weighted by atomic mass is 35.5. The van der Waals surface area contributed by atoms with Gasteiger partial charge in [-0.2, -0.15) is 0 Å². The Labute approximate surface area is 209 Å². The van der Waals surface area contributed by atoms with Crippen molar-refractivity contribution < 1.29 is 19.4 Å². The molecule has 34 heavy (non-hydrogen) atoms. The first kappa shape index (κ1) is 24.0. The Morgan fingerprint density at radius 1 is 1.09 bits per heavy atom. The molecular formula is C24H19Cl2N3O4S. The van der Waals surface area contributed by atoms with Crippen molar-refractivity contribution in [3.05, 3.63) is 92.3 Å². The maximum atomic E-state index is 12.6. The topological polar surface area (TPSA) is 100 Å². The fourth-order valence-corrected chi connectivity index (χ4v) is 4.55. The molecule has 1 aliphatic rings. The third-order valence-corrected chi connectivity index (χ3v) is 6.67. The van der Waals surface area contributed by atoms with Crippen molar-refractivity contribution in [3.8, 4) is 0 Å². The Hall–Kier alpha value is -3.17. The number of fused-ring (bicyclic) bond motifs is 1. The minimum atomic E-state index is -0.966. The van der Waals surface area contributed by atoms with Crippen LogP contribution in [-0.2, 0) is 29.3 Å². The summed E-state index contributed by atoms with van der Waals surface area (Å²) in [6.07, 6.45) is 0. The average Bonchev–Trinajstić information content (AvgIpc) is 3.23. The van der Waals surface area contributed by atoms with Crippen LogP contribution in [0.25, 0.3) is 5.70 Å². The molecule has 0 spiro atoms. The molecule has 0 saturated carbocycles. The van der Waals surface area contributed by atoms with E-state index >= 15 is 0 Å². The number of amidine groups is 1. The van der Waals surface area contributed by atoms with Gasteiger partial charge in [-0.05, 0) is 46.3 Å². The van der Waals surface area contributed by atoms with Gasteiger partial charge in [-0.3, -0.25) is 4.79 Å². The predicted molar refractivity (Wildman–Crippen MR) is 134 cm³/mol. The molecule has 1 aromatic heterocycles. The molecule has 174 valence electrons. The lowest BCUT2D eigenvalue weighted by molar-refractivity contribution is -0.115. The number of halogens is 2. The van der Waals surface area contributed by atoms with Crippen LogP contribution in [0.5, 0.6) is 0 Å². The lowest BCUT2D eigenvalue weighted by atomic mass is 10.1. The fraction of sp³-hybridized carbons (Fsp3) is 0.125. The normalized spacial score (nSPS) is 12.5. The molecule has 0 fully saturated rings. The highest BCUT2D eigenvalue weighted by molar-refractivity contribution is 7.14. The smallest absolute Gasteiger partial charge is 0.335 e. The molecule has 1 amide bonds. The van der Waals surface area contributed by atoms with Crippen LogP contribution in [0.2, 0.25) is 10.0 Å². The maximum absolute atomic E-state index is 12.6. The number of carbonyl (C=O) groups is 2. The zero-order valence-corrected chi connectivity index (χ0v) is 20.1. The fourth-order valence-electron chi connectivity index (χ4n) is 3.27. The van der Waals surface area contributed by atoms with Gasteiger partial charge in [-0.15, -0.1) is 11.3 Å². The van der Waals surface area contributed by atoms with E-state index in [9.17, 15) is 9.59 Å². The molecule has 2 aromatic carbocycles. The van der Waals surface area contributed by atoms with Crippen LogP contribution in [0.1, 0.15) is 32.6 Å². The lowest BCUT2D eigenvalue weighted by Crippen LogP contribution is -2.40. The van der Waals surface area contributed by atoms with E-state index in [1.165, 1.54) is 11.3 Å². The summed E-state index contributed by atoms with van der Waals surface area (Å²) in [7, 11) is 0. The van der Waals surface area contributed by atoms with Crippen LogP contribution >= 0.6 is 34.5 Å². The van der Waals surface area contributed by atoms with Gasteiger partial charge in [-0.25, -0.2) is 9.79 Å². The SMILES string of the molecule is C=C1NC(C(=O)NCc2ccc(Cl)c(Cl)c2)=Nc2scc(COCc3ccc(C(=O)O)cc3)c21. The molecule has 1 aliphatic heterocycles.